The van der Waals surface area contributed by atoms with Crippen LogP contribution < -0.4 is 5.32 Å². The van der Waals surface area contributed by atoms with Gasteiger partial charge in [-0.2, -0.15) is 13.2 Å². The molecule has 1 aromatic rings. The molecule has 0 saturated heterocycles. The molecule has 2 heterocycles. The van der Waals surface area contributed by atoms with E-state index >= 15 is 0 Å². The molecule has 0 aromatic carbocycles. The second-order valence-electron chi connectivity index (χ2n) is 2.91. The molecule has 1 N–H and O–H groups in total. The van der Waals surface area contributed by atoms with E-state index in [0.29, 0.717) is 13.1 Å². The molecule has 2 rings (SSSR count). The Morgan fingerprint density at radius 1 is 1.43 bits per heavy atom. The molecule has 0 spiro atoms. The van der Waals surface area contributed by atoms with Crippen LogP contribution in [0.4, 0.5) is 13.2 Å². The largest absolute Gasteiger partial charge is 0.435 e. The third-order valence-electron chi connectivity index (χ3n) is 2.04. The van der Waals surface area contributed by atoms with E-state index in [1.165, 1.54) is 6.33 Å². The van der Waals surface area contributed by atoms with Crippen LogP contribution in [0.15, 0.2) is 6.33 Å². The van der Waals surface area contributed by atoms with E-state index in [2.05, 4.69) is 10.3 Å². The summed E-state index contributed by atoms with van der Waals surface area (Å²) in [5.41, 5.74) is -0.529. The summed E-state index contributed by atoms with van der Waals surface area (Å²) in [6.07, 6.45) is -3.08. The highest BCUT2D eigenvalue weighted by Gasteiger charge is 2.37. The highest BCUT2D eigenvalue weighted by molar-refractivity contribution is 5.85. The average molecular weight is 228 g/mol. The summed E-state index contributed by atoms with van der Waals surface area (Å²) in [7, 11) is 0. The van der Waals surface area contributed by atoms with Gasteiger partial charge in [-0.1, -0.05) is 0 Å². The molecule has 0 bridgehead atoms. The number of nitrogens with zero attached hydrogens (tertiary/aromatic N) is 2. The molecule has 1 aliphatic heterocycles. The zero-order chi connectivity index (χ0) is 9.47. The highest BCUT2D eigenvalue weighted by atomic mass is 35.5. The smallest absolute Gasteiger partial charge is 0.332 e. The van der Waals surface area contributed by atoms with Crippen molar-refractivity contribution in [3.05, 3.63) is 17.7 Å². The van der Waals surface area contributed by atoms with Crippen LogP contribution in [-0.2, 0) is 19.3 Å². The van der Waals surface area contributed by atoms with Crippen molar-refractivity contribution in [2.45, 2.75) is 19.3 Å². The first-order chi connectivity index (χ1) is 6.09. The lowest BCUT2D eigenvalue weighted by molar-refractivity contribution is -0.141. The Labute approximate surface area is 84.7 Å². The second-order valence-corrected chi connectivity index (χ2v) is 2.91. The highest BCUT2D eigenvalue weighted by Crippen LogP contribution is 2.31. The number of rotatable bonds is 0. The zero-order valence-electron chi connectivity index (χ0n) is 7.14. The number of alkyl halides is 3. The van der Waals surface area contributed by atoms with E-state index in [0.717, 1.165) is 0 Å². The van der Waals surface area contributed by atoms with Gasteiger partial charge in [-0.15, -0.1) is 12.4 Å². The SMILES string of the molecule is Cl.FC(F)(F)c1ncn2c1CNCC2. The van der Waals surface area contributed by atoms with Crippen LogP contribution in [0.2, 0.25) is 0 Å². The molecular formula is C7H9ClF3N3. The van der Waals surface area contributed by atoms with Gasteiger partial charge in [0.05, 0.1) is 12.0 Å². The van der Waals surface area contributed by atoms with Crippen molar-refractivity contribution < 1.29 is 13.2 Å². The number of aromatic nitrogens is 2. The Morgan fingerprint density at radius 2 is 2.14 bits per heavy atom. The van der Waals surface area contributed by atoms with Crippen molar-refractivity contribution in [2.75, 3.05) is 6.54 Å². The van der Waals surface area contributed by atoms with Crippen LogP contribution in [0.1, 0.15) is 11.4 Å². The van der Waals surface area contributed by atoms with Gasteiger partial charge in [-0.3, -0.25) is 0 Å². The average Bonchev–Trinajstić information content (AvgIpc) is 2.45. The quantitative estimate of drug-likeness (QED) is 0.727. The Bertz CT molecular complexity index is 320. The number of halogens is 4. The third-order valence-corrected chi connectivity index (χ3v) is 2.04. The number of hydrogen-bond donors (Lipinski definition) is 1. The molecule has 80 valence electrons. The van der Waals surface area contributed by atoms with Gasteiger partial charge in [0, 0.05) is 19.6 Å². The van der Waals surface area contributed by atoms with Crippen LogP contribution >= 0.6 is 12.4 Å². The first-order valence-corrected chi connectivity index (χ1v) is 3.91. The van der Waals surface area contributed by atoms with Gasteiger partial charge in [-0.25, -0.2) is 4.98 Å². The Morgan fingerprint density at radius 3 is 2.79 bits per heavy atom. The Balaban J connectivity index is 0.000000980. The van der Waals surface area contributed by atoms with E-state index < -0.39 is 11.9 Å². The first kappa shape index (κ1) is 11.3. The summed E-state index contributed by atoms with van der Waals surface area (Å²) >= 11 is 0. The predicted octanol–water partition coefficient (Wildman–Crippen LogP) is 1.43. The summed E-state index contributed by atoms with van der Waals surface area (Å²) in [4.78, 5) is 3.37. The van der Waals surface area contributed by atoms with Crippen molar-refractivity contribution in [1.82, 2.24) is 14.9 Å². The molecule has 3 nitrogen and oxygen atoms in total. The van der Waals surface area contributed by atoms with Crippen LogP contribution in [0, 0.1) is 0 Å². The fourth-order valence-electron chi connectivity index (χ4n) is 1.43. The van der Waals surface area contributed by atoms with Crippen molar-refractivity contribution >= 4 is 12.4 Å². The molecular weight excluding hydrogens is 219 g/mol. The molecule has 0 saturated carbocycles. The number of hydrogen-bond acceptors (Lipinski definition) is 2. The molecule has 0 aliphatic carbocycles. The first-order valence-electron chi connectivity index (χ1n) is 3.91. The van der Waals surface area contributed by atoms with Crippen LogP contribution in [0.25, 0.3) is 0 Å². The van der Waals surface area contributed by atoms with Gasteiger partial charge in [0.2, 0.25) is 0 Å². The lowest BCUT2D eigenvalue weighted by Crippen LogP contribution is -2.29. The molecule has 0 unspecified atom stereocenters. The van der Waals surface area contributed by atoms with E-state index in [4.69, 9.17) is 0 Å². The van der Waals surface area contributed by atoms with Crippen LogP contribution in [0.5, 0.6) is 0 Å². The van der Waals surface area contributed by atoms with Crippen molar-refractivity contribution in [2.24, 2.45) is 0 Å². The summed E-state index contributed by atoms with van der Waals surface area (Å²) in [5.74, 6) is 0. The molecule has 0 atom stereocenters. The summed E-state index contributed by atoms with van der Waals surface area (Å²) in [6.45, 7) is 1.49. The summed E-state index contributed by atoms with van der Waals surface area (Å²) in [5, 5.41) is 2.88. The van der Waals surface area contributed by atoms with Crippen molar-refractivity contribution in [3.63, 3.8) is 0 Å². The van der Waals surface area contributed by atoms with Gasteiger partial charge >= 0.3 is 6.18 Å². The summed E-state index contributed by atoms with van der Waals surface area (Å²) < 4.78 is 38.5. The van der Waals surface area contributed by atoms with Gasteiger partial charge in [0.1, 0.15) is 0 Å². The fourth-order valence-corrected chi connectivity index (χ4v) is 1.43. The normalized spacial score (nSPS) is 15.9. The molecule has 1 aromatic heterocycles. The minimum absolute atomic E-state index is 0. The maximum absolute atomic E-state index is 12.3. The minimum atomic E-state index is -4.33. The van der Waals surface area contributed by atoms with Gasteiger partial charge in [-0.05, 0) is 0 Å². The van der Waals surface area contributed by atoms with Crippen LogP contribution in [0.3, 0.4) is 0 Å². The Kier molecular flexibility index (Phi) is 3.06. The van der Waals surface area contributed by atoms with Gasteiger partial charge in [0.25, 0.3) is 0 Å². The number of imidazole rings is 1. The number of nitrogens with one attached hydrogen (secondary N) is 1. The van der Waals surface area contributed by atoms with E-state index in [9.17, 15) is 13.2 Å². The van der Waals surface area contributed by atoms with E-state index in [-0.39, 0.29) is 24.6 Å². The predicted molar refractivity (Wildman–Crippen MR) is 46.2 cm³/mol. The van der Waals surface area contributed by atoms with Gasteiger partial charge < -0.3 is 9.88 Å². The standard InChI is InChI=1S/C7H8F3N3.ClH/c8-7(9,10)6-5-3-11-1-2-13(5)4-12-6;/h4,11H,1-3H2;1H. The van der Waals surface area contributed by atoms with E-state index in [1.807, 2.05) is 0 Å². The zero-order valence-corrected chi connectivity index (χ0v) is 7.95. The molecule has 14 heavy (non-hydrogen) atoms. The second kappa shape index (κ2) is 3.78. The topological polar surface area (TPSA) is 29.9 Å². The lowest BCUT2D eigenvalue weighted by Gasteiger charge is -2.17. The molecule has 7 heteroatoms. The maximum atomic E-state index is 12.3. The molecule has 1 aliphatic rings. The molecule has 0 fully saturated rings. The lowest BCUT2D eigenvalue weighted by atomic mass is 10.2. The van der Waals surface area contributed by atoms with E-state index in [1.54, 1.807) is 4.57 Å². The maximum Gasteiger partial charge on any atom is 0.435 e. The van der Waals surface area contributed by atoms with Crippen LogP contribution in [-0.4, -0.2) is 16.1 Å². The van der Waals surface area contributed by atoms with Crippen molar-refractivity contribution in [3.8, 4) is 0 Å². The third kappa shape index (κ3) is 1.85. The minimum Gasteiger partial charge on any atom is -0.332 e. The molecule has 0 radical (unpaired) electrons. The monoisotopic (exact) mass is 227 g/mol. The number of fused-ring (bicyclic) bond motifs is 1. The fraction of sp³-hybridized carbons (Fsp3) is 0.571. The van der Waals surface area contributed by atoms with Crippen molar-refractivity contribution in [1.29, 1.82) is 0 Å². The summed E-state index contributed by atoms with van der Waals surface area (Å²) in [6, 6.07) is 0. The van der Waals surface area contributed by atoms with Gasteiger partial charge in [0.15, 0.2) is 5.69 Å². The Hall–Kier alpha value is -0.750. The molecule has 0 amide bonds.